The molecule has 2 rings (SSSR count). The van der Waals surface area contributed by atoms with Crippen molar-refractivity contribution in [1.29, 1.82) is 0 Å². The van der Waals surface area contributed by atoms with Crippen molar-refractivity contribution in [3.05, 3.63) is 18.2 Å². The molecule has 0 radical (unpaired) electrons. The highest BCUT2D eigenvalue weighted by molar-refractivity contribution is 7.99. The fourth-order valence-corrected chi connectivity index (χ4v) is 3.05. The molecule has 0 N–H and O–H groups in total. The first kappa shape index (κ1) is 12.5. The number of nitrogens with zero attached hydrogens (tertiary/aromatic N) is 3. The number of hydrogen-bond acceptors (Lipinski definition) is 3. The van der Waals surface area contributed by atoms with Crippen LogP contribution in [0.5, 0.6) is 0 Å². The van der Waals surface area contributed by atoms with Gasteiger partial charge < -0.3 is 9.47 Å². The lowest BCUT2D eigenvalue weighted by molar-refractivity contribution is -0.131. The fourth-order valence-electron chi connectivity index (χ4n) is 2.15. The van der Waals surface area contributed by atoms with Crippen LogP contribution in [0, 0.1) is 6.92 Å². The van der Waals surface area contributed by atoms with E-state index in [-0.39, 0.29) is 11.9 Å². The lowest BCUT2D eigenvalue weighted by Crippen LogP contribution is -2.38. The zero-order valence-electron chi connectivity index (χ0n) is 10.4. The Morgan fingerprint density at radius 3 is 2.82 bits per heavy atom. The van der Waals surface area contributed by atoms with Crippen molar-refractivity contribution >= 4 is 17.7 Å². The van der Waals surface area contributed by atoms with Crippen molar-refractivity contribution in [2.24, 2.45) is 0 Å². The van der Waals surface area contributed by atoms with Gasteiger partial charge in [0.05, 0.1) is 0 Å². The van der Waals surface area contributed by atoms with E-state index in [1.165, 1.54) is 0 Å². The van der Waals surface area contributed by atoms with Crippen LogP contribution < -0.4 is 0 Å². The van der Waals surface area contributed by atoms with E-state index in [1.807, 2.05) is 29.8 Å². The summed E-state index contributed by atoms with van der Waals surface area (Å²) in [6.45, 7) is 5.85. The molecule has 5 heteroatoms. The first-order valence-electron chi connectivity index (χ1n) is 6.03. The van der Waals surface area contributed by atoms with Crippen LogP contribution in [0.1, 0.15) is 25.2 Å². The largest absolute Gasteiger partial charge is 0.341 e. The minimum absolute atomic E-state index is 0.194. The number of carbonyl (C=O) groups is 1. The van der Waals surface area contributed by atoms with Crippen molar-refractivity contribution in [3.8, 4) is 0 Å². The molecule has 1 aromatic heterocycles. The van der Waals surface area contributed by atoms with Crippen molar-refractivity contribution in [1.82, 2.24) is 14.5 Å². The van der Waals surface area contributed by atoms with Gasteiger partial charge in [-0.25, -0.2) is 4.98 Å². The second kappa shape index (κ2) is 5.58. The number of amides is 1. The Hall–Kier alpha value is -0.970. The van der Waals surface area contributed by atoms with Gasteiger partial charge >= 0.3 is 0 Å². The lowest BCUT2D eigenvalue weighted by atomic mass is 10.2. The van der Waals surface area contributed by atoms with Crippen molar-refractivity contribution in [2.45, 2.75) is 26.3 Å². The maximum Gasteiger partial charge on any atom is 0.224 e. The second-order valence-electron chi connectivity index (χ2n) is 4.43. The fraction of sp³-hybridized carbons (Fsp3) is 0.667. The van der Waals surface area contributed by atoms with E-state index in [4.69, 9.17) is 0 Å². The summed E-state index contributed by atoms with van der Waals surface area (Å²) in [7, 11) is 0. The summed E-state index contributed by atoms with van der Waals surface area (Å²) in [6, 6.07) is 0.194. The summed E-state index contributed by atoms with van der Waals surface area (Å²) in [5.41, 5.74) is 0. The number of rotatable bonds is 3. The lowest BCUT2D eigenvalue weighted by Gasteiger charge is -2.28. The van der Waals surface area contributed by atoms with Crippen LogP contribution in [0.3, 0.4) is 0 Å². The third-order valence-corrected chi connectivity index (χ3v) is 4.11. The molecule has 0 bridgehead atoms. The van der Waals surface area contributed by atoms with Crippen LogP contribution in [-0.4, -0.2) is 45.0 Å². The molecule has 0 saturated carbocycles. The maximum atomic E-state index is 12.1. The Kier molecular flexibility index (Phi) is 4.10. The summed E-state index contributed by atoms with van der Waals surface area (Å²) in [6.07, 6.45) is 4.30. The minimum atomic E-state index is 0.194. The van der Waals surface area contributed by atoms with Gasteiger partial charge in [0, 0.05) is 49.5 Å². The monoisotopic (exact) mass is 253 g/mol. The zero-order valence-corrected chi connectivity index (χ0v) is 11.2. The second-order valence-corrected chi connectivity index (χ2v) is 5.65. The standard InChI is InChI=1S/C12H19N3OS/c1-10(15-4-3-13-11(15)2)9-12(16)14-5-7-17-8-6-14/h3-4,10H,5-9H2,1-2H3. The molecular formula is C12H19N3OS. The highest BCUT2D eigenvalue weighted by Gasteiger charge is 2.19. The molecule has 1 aliphatic heterocycles. The molecular weight excluding hydrogens is 234 g/mol. The molecule has 1 amide bonds. The topological polar surface area (TPSA) is 38.1 Å². The molecule has 17 heavy (non-hydrogen) atoms. The van der Waals surface area contributed by atoms with E-state index in [0.717, 1.165) is 30.4 Å². The highest BCUT2D eigenvalue weighted by Crippen LogP contribution is 2.16. The van der Waals surface area contributed by atoms with E-state index in [9.17, 15) is 4.79 Å². The molecule has 0 spiro atoms. The third kappa shape index (κ3) is 3.03. The van der Waals surface area contributed by atoms with Gasteiger partial charge in [-0.2, -0.15) is 11.8 Å². The van der Waals surface area contributed by atoms with Crippen LogP contribution in [0.4, 0.5) is 0 Å². The Morgan fingerprint density at radius 1 is 1.53 bits per heavy atom. The number of carbonyl (C=O) groups excluding carboxylic acids is 1. The molecule has 2 heterocycles. The average Bonchev–Trinajstić information content (AvgIpc) is 2.76. The van der Waals surface area contributed by atoms with Gasteiger partial charge in [0.15, 0.2) is 0 Å². The SMILES string of the molecule is Cc1nccn1C(C)CC(=O)N1CCSCC1. The number of hydrogen-bond donors (Lipinski definition) is 0. The van der Waals surface area contributed by atoms with Crippen LogP contribution in [0.2, 0.25) is 0 Å². The molecule has 1 fully saturated rings. The van der Waals surface area contributed by atoms with Gasteiger partial charge in [-0.1, -0.05) is 0 Å². The smallest absolute Gasteiger partial charge is 0.224 e. The first-order chi connectivity index (χ1) is 8.18. The Balaban J connectivity index is 1.92. The van der Waals surface area contributed by atoms with Crippen LogP contribution in [-0.2, 0) is 4.79 Å². The summed E-state index contributed by atoms with van der Waals surface area (Å²) < 4.78 is 2.07. The average molecular weight is 253 g/mol. The molecule has 94 valence electrons. The normalized spacial score (nSPS) is 18.1. The summed E-state index contributed by atoms with van der Waals surface area (Å²) in [5.74, 6) is 3.39. The molecule has 4 nitrogen and oxygen atoms in total. The maximum absolute atomic E-state index is 12.1. The molecule has 0 aromatic carbocycles. The quantitative estimate of drug-likeness (QED) is 0.823. The predicted molar refractivity (Wildman–Crippen MR) is 70.2 cm³/mol. The van der Waals surface area contributed by atoms with Gasteiger partial charge in [-0.15, -0.1) is 0 Å². The Labute approximate surface area is 106 Å². The van der Waals surface area contributed by atoms with Crippen LogP contribution in [0.15, 0.2) is 12.4 Å². The first-order valence-corrected chi connectivity index (χ1v) is 7.19. The predicted octanol–water partition coefficient (Wildman–Crippen LogP) is 1.72. The van der Waals surface area contributed by atoms with Gasteiger partial charge in [0.1, 0.15) is 5.82 Å². The molecule has 1 aliphatic rings. The van der Waals surface area contributed by atoms with E-state index < -0.39 is 0 Å². The van der Waals surface area contributed by atoms with E-state index >= 15 is 0 Å². The number of aryl methyl sites for hydroxylation is 1. The Bertz CT molecular complexity index is 385. The summed E-state index contributed by atoms with van der Waals surface area (Å²) in [5, 5.41) is 0. The molecule has 0 aliphatic carbocycles. The van der Waals surface area contributed by atoms with E-state index in [2.05, 4.69) is 16.5 Å². The van der Waals surface area contributed by atoms with E-state index in [0.29, 0.717) is 6.42 Å². The zero-order chi connectivity index (χ0) is 12.3. The van der Waals surface area contributed by atoms with Crippen LogP contribution >= 0.6 is 11.8 Å². The highest BCUT2D eigenvalue weighted by atomic mass is 32.2. The minimum Gasteiger partial charge on any atom is -0.341 e. The van der Waals surface area contributed by atoms with Crippen molar-refractivity contribution in [2.75, 3.05) is 24.6 Å². The van der Waals surface area contributed by atoms with E-state index in [1.54, 1.807) is 6.20 Å². The van der Waals surface area contributed by atoms with Crippen molar-refractivity contribution in [3.63, 3.8) is 0 Å². The number of imidazole rings is 1. The van der Waals surface area contributed by atoms with Gasteiger partial charge in [0.2, 0.25) is 5.91 Å². The van der Waals surface area contributed by atoms with Crippen molar-refractivity contribution < 1.29 is 4.79 Å². The van der Waals surface area contributed by atoms with Crippen LogP contribution in [0.25, 0.3) is 0 Å². The molecule has 1 saturated heterocycles. The van der Waals surface area contributed by atoms with Gasteiger partial charge in [0.25, 0.3) is 0 Å². The summed E-state index contributed by atoms with van der Waals surface area (Å²) >= 11 is 1.93. The Morgan fingerprint density at radius 2 is 2.24 bits per heavy atom. The van der Waals surface area contributed by atoms with Gasteiger partial charge in [-0.05, 0) is 13.8 Å². The number of aromatic nitrogens is 2. The van der Waals surface area contributed by atoms with Gasteiger partial charge in [-0.3, -0.25) is 4.79 Å². The molecule has 1 unspecified atom stereocenters. The molecule has 1 atom stereocenters. The molecule has 1 aromatic rings. The number of thioether (sulfide) groups is 1. The third-order valence-electron chi connectivity index (χ3n) is 3.17. The summed E-state index contributed by atoms with van der Waals surface area (Å²) in [4.78, 5) is 18.3.